The molecule has 0 bridgehead atoms. The lowest BCUT2D eigenvalue weighted by atomic mass is 9.98. The summed E-state index contributed by atoms with van der Waals surface area (Å²) >= 11 is 0. The largest absolute Gasteiger partial charge is 0.481 e. The summed E-state index contributed by atoms with van der Waals surface area (Å²) in [7, 11) is 0. The average Bonchev–Trinajstić information content (AvgIpc) is 2.86. The van der Waals surface area contributed by atoms with Crippen molar-refractivity contribution in [3.05, 3.63) is 52.5 Å². The average molecular weight is 313 g/mol. The van der Waals surface area contributed by atoms with Crippen molar-refractivity contribution in [2.24, 2.45) is 0 Å². The summed E-state index contributed by atoms with van der Waals surface area (Å²) in [5, 5.41) is 9.00. The SMILES string of the molecule is Cc1ccc2c(c1)N(C(=O)c1c(C)coc1CC(=O)O)CCC2. The second-order valence-corrected chi connectivity index (χ2v) is 5.98. The van der Waals surface area contributed by atoms with Crippen LogP contribution in [-0.4, -0.2) is 23.5 Å². The summed E-state index contributed by atoms with van der Waals surface area (Å²) in [6, 6.07) is 6.12. The van der Waals surface area contributed by atoms with E-state index in [4.69, 9.17) is 9.52 Å². The van der Waals surface area contributed by atoms with Crippen molar-refractivity contribution in [3.63, 3.8) is 0 Å². The molecule has 0 unspecified atom stereocenters. The smallest absolute Gasteiger partial charge is 0.311 e. The third kappa shape index (κ3) is 2.86. The van der Waals surface area contributed by atoms with Crippen LogP contribution in [0.3, 0.4) is 0 Å². The molecule has 0 fully saturated rings. The molecule has 1 aliphatic rings. The number of rotatable bonds is 3. The van der Waals surface area contributed by atoms with E-state index in [1.165, 1.54) is 6.26 Å². The number of carboxylic acid groups (broad SMARTS) is 1. The highest BCUT2D eigenvalue weighted by Gasteiger charge is 2.28. The fourth-order valence-corrected chi connectivity index (χ4v) is 3.08. The number of carbonyl (C=O) groups is 2. The molecular formula is C18H19NO4. The molecule has 5 heteroatoms. The van der Waals surface area contributed by atoms with Gasteiger partial charge in [-0.1, -0.05) is 12.1 Å². The van der Waals surface area contributed by atoms with Crippen molar-refractivity contribution in [2.75, 3.05) is 11.4 Å². The maximum Gasteiger partial charge on any atom is 0.311 e. The van der Waals surface area contributed by atoms with Gasteiger partial charge in [-0.3, -0.25) is 9.59 Å². The van der Waals surface area contributed by atoms with Crippen LogP contribution in [0.2, 0.25) is 0 Å². The second kappa shape index (κ2) is 5.91. The summed E-state index contributed by atoms with van der Waals surface area (Å²) < 4.78 is 5.30. The number of hydrogen-bond acceptors (Lipinski definition) is 3. The van der Waals surface area contributed by atoms with Gasteiger partial charge < -0.3 is 14.4 Å². The lowest BCUT2D eigenvalue weighted by Gasteiger charge is -2.30. The van der Waals surface area contributed by atoms with Crippen molar-refractivity contribution in [2.45, 2.75) is 33.1 Å². The number of carbonyl (C=O) groups excluding carboxylic acids is 1. The fraction of sp³-hybridized carbons (Fsp3) is 0.333. The van der Waals surface area contributed by atoms with E-state index in [-0.39, 0.29) is 18.1 Å². The second-order valence-electron chi connectivity index (χ2n) is 5.98. The minimum Gasteiger partial charge on any atom is -0.481 e. The Morgan fingerprint density at radius 2 is 2.09 bits per heavy atom. The summed E-state index contributed by atoms with van der Waals surface area (Å²) in [6.07, 6.45) is 3.01. The van der Waals surface area contributed by atoms with E-state index >= 15 is 0 Å². The molecular weight excluding hydrogens is 294 g/mol. The molecule has 0 saturated heterocycles. The molecule has 0 aliphatic carbocycles. The van der Waals surface area contributed by atoms with Gasteiger partial charge in [-0.2, -0.15) is 0 Å². The highest BCUT2D eigenvalue weighted by Crippen LogP contribution is 2.31. The first-order valence-electron chi connectivity index (χ1n) is 7.67. The number of carboxylic acids is 1. The summed E-state index contributed by atoms with van der Waals surface area (Å²) in [5.74, 6) is -0.970. The van der Waals surface area contributed by atoms with Crippen LogP contribution in [0.5, 0.6) is 0 Å². The predicted molar refractivity (Wildman–Crippen MR) is 86.0 cm³/mol. The molecule has 1 aliphatic heterocycles. The number of benzene rings is 1. The van der Waals surface area contributed by atoms with Gasteiger partial charge in [-0.25, -0.2) is 0 Å². The van der Waals surface area contributed by atoms with Crippen LogP contribution < -0.4 is 4.90 Å². The molecule has 0 radical (unpaired) electrons. The number of fused-ring (bicyclic) bond motifs is 1. The summed E-state index contributed by atoms with van der Waals surface area (Å²) in [6.45, 7) is 4.39. The zero-order valence-electron chi connectivity index (χ0n) is 13.3. The predicted octanol–water partition coefficient (Wildman–Crippen LogP) is 3.12. The number of aliphatic carboxylic acids is 1. The van der Waals surface area contributed by atoms with Gasteiger partial charge in [0.25, 0.3) is 5.91 Å². The third-order valence-electron chi connectivity index (χ3n) is 4.18. The standard InChI is InChI=1S/C18H19NO4/c1-11-5-6-13-4-3-7-19(14(13)8-11)18(22)17-12(2)10-23-15(17)9-16(20)21/h5-6,8,10H,3-4,7,9H2,1-2H3,(H,20,21). The molecule has 1 N–H and O–H groups in total. The summed E-state index contributed by atoms with van der Waals surface area (Å²) in [5.41, 5.74) is 4.21. The van der Waals surface area contributed by atoms with Crippen LogP contribution in [-0.2, 0) is 17.6 Å². The number of anilines is 1. The lowest BCUT2D eigenvalue weighted by molar-refractivity contribution is -0.136. The van der Waals surface area contributed by atoms with E-state index in [1.54, 1.807) is 11.8 Å². The highest BCUT2D eigenvalue weighted by atomic mass is 16.4. The Labute approximate surface area is 134 Å². The van der Waals surface area contributed by atoms with Gasteiger partial charge in [-0.15, -0.1) is 0 Å². The zero-order valence-corrected chi connectivity index (χ0v) is 13.3. The molecule has 0 atom stereocenters. The van der Waals surface area contributed by atoms with Gasteiger partial charge in [0.15, 0.2) is 0 Å². The van der Waals surface area contributed by atoms with Crippen LogP contribution >= 0.6 is 0 Å². The van der Waals surface area contributed by atoms with Crippen molar-refractivity contribution in [1.29, 1.82) is 0 Å². The van der Waals surface area contributed by atoms with E-state index < -0.39 is 5.97 Å². The summed E-state index contributed by atoms with van der Waals surface area (Å²) in [4.78, 5) is 25.8. The Balaban J connectivity index is 2.01. The molecule has 1 aromatic heterocycles. The van der Waals surface area contributed by atoms with Crippen LogP contribution in [0, 0.1) is 13.8 Å². The first-order chi connectivity index (χ1) is 11.0. The van der Waals surface area contributed by atoms with Crippen molar-refractivity contribution < 1.29 is 19.1 Å². The molecule has 1 amide bonds. The Morgan fingerprint density at radius 1 is 1.30 bits per heavy atom. The van der Waals surface area contributed by atoms with E-state index in [0.717, 1.165) is 29.7 Å². The number of aryl methyl sites for hydroxylation is 3. The maximum atomic E-state index is 13.0. The van der Waals surface area contributed by atoms with Crippen LogP contribution in [0.4, 0.5) is 5.69 Å². The van der Waals surface area contributed by atoms with Gasteiger partial charge in [0.1, 0.15) is 12.2 Å². The van der Waals surface area contributed by atoms with Gasteiger partial charge in [0.05, 0.1) is 11.8 Å². The molecule has 0 spiro atoms. The minimum absolute atomic E-state index is 0.181. The first kappa shape index (κ1) is 15.3. The van der Waals surface area contributed by atoms with Gasteiger partial charge in [0.2, 0.25) is 0 Å². The maximum absolute atomic E-state index is 13.0. The Bertz CT molecular complexity index is 775. The molecule has 23 heavy (non-hydrogen) atoms. The van der Waals surface area contributed by atoms with E-state index in [2.05, 4.69) is 6.07 Å². The Hall–Kier alpha value is -2.56. The number of hydrogen-bond donors (Lipinski definition) is 1. The Kier molecular flexibility index (Phi) is 3.94. The van der Waals surface area contributed by atoms with Crippen molar-refractivity contribution >= 4 is 17.6 Å². The molecule has 5 nitrogen and oxygen atoms in total. The van der Waals surface area contributed by atoms with Gasteiger partial charge in [0, 0.05) is 17.8 Å². The normalized spacial score (nSPS) is 13.7. The van der Waals surface area contributed by atoms with Crippen LogP contribution in [0.25, 0.3) is 0 Å². The highest BCUT2D eigenvalue weighted by molar-refractivity contribution is 6.08. The van der Waals surface area contributed by atoms with Crippen LogP contribution in [0.1, 0.15) is 39.2 Å². The van der Waals surface area contributed by atoms with Crippen molar-refractivity contribution in [3.8, 4) is 0 Å². The number of amides is 1. The monoisotopic (exact) mass is 313 g/mol. The third-order valence-corrected chi connectivity index (χ3v) is 4.18. The first-order valence-corrected chi connectivity index (χ1v) is 7.67. The number of nitrogens with zero attached hydrogens (tertiary/aromatic N) is 1. The lowest BCUT2D eigenvalue weighted by Crippen LogP contribution is -2.36. The number of furan rings is 1. The van der Waals surface area contributed by atoms with E-state index in [1.807, 2.05) is 19.1 Å². The molecule has 1 aromatic carbocycles. The molecule has 3 rings (SSSR count). The van der Waals surface area contributed by atoms with Gasteiger partial charge in [-0.05, 0) is 43.9 Å². The topological polar surface area (TPSA) is 70.8 Å². The zero-order chi connectivity index (χ0) is 16.6. The Morgan fingerprint density at radius 3 is 2.83 bits per heavy atom. The molecule has 2 heterocycles. The molecule has 0 saturated carbocycles. The van der Waals surface area contributed by atoms with Crippen LogP contribution in [0.15, 0.2) is 28.9 Å². The van der Waals surface area contributed by atoms with Crippen molar-refractivity contribution in [1.82, 2.24) is 0 Å². The fourth-order valence-electron chi connectivity index (χ4n) is 3.08. The van der Waals surface area contributed by atoms with E-state index in [9.17, 15) is 9.59 Å². The van der Waals surface area contributed by atoms with Gasteiger partial charge >= 0.3 is 5.97 Å². The minimum atomic E-state index is -1.01. The molecule has 120 valence electrons. The van der Waals surface area contributed by atoms with E-state index in [0.29, 0.717) is 17.7 Å². The molecule has 2 aromatic rings. The quantitative estimate of drug-likeness (QED) is 0.945.